The molecule has 1 N–H and O–H groups in total. The van der Waals surface area contributed by atoms with Crippen LogP contribution in [0, 0.1) is 11.6 Å². The van der Waals surface area contributed by atoms with Crippen molar-refractivity contribution in [3.05, 3.63) is 82.8 Å². The first kappa shape index (κ1) is 24.4. The Morgan fingerprint density at radius 1 is 0.914 bits per heavy atom. The fourth-order valence-electron chi connectivity index (χ4n) is 3.15. The van der Waals surface area contributed by atoms with E-state index in [1.54, 1.807) is 24.3 Å². The summed E-state index contributed by atoms with van der Waals surface area (Å²) in [4.78, 5) is 11.4. The molecule has 2 aromatic carbocycles. The van der Waals surface area contributed by atoms with E-state index < -0.39 is 23.4 Å². The number of nitrogens with zero attached hydrogens (tertiary/aromatic N) is 3. The fourth-order valence-corrected chi connectivity index (χ4v) is 3.37. The van der Waals surface area contributed by atoms with E-state index in [0.29, 0.717) is 24.9 Å². The molecule has 35 heavy (non-hydrogen) atoms. The number of ether oxygens (including phenoxy) is 2. The largest absolute Gasteiger partial charge is 0.457 e. The van der Waals surface area contributed by atoms with Gasteiger partial charge in [0.2, 0.25) is 12.7 Å². The maximum atomic E-state index is 14.2. The second-order valence-corrected chi connectivity index (χ2v) is 7.62. The number of rotatable bonds is 8. The SMILES string of the molecule is Fc1ccc(F)c2c(NCCc3ccc(OCOc4ncc(C(F)(F)F)cc4Cl)cc3)ncnc12. The minimum absolute atomic E-state index is 0.0149. The monoisotopic (exact) mass is 510 g/mol. The Hall–Kier alpha value is -3.73. The van der Waals surface area contributed by atoms with Gasteiger partial charge in [0.25, 0.3) is 0 Å². The summed E-state index contributed by atoms with van der Waals surface area (Å²) < 4.78 is 76.6. The number of alkyl halides is 3. The van der Waals surface area contributed by atoms with Gasteiger partial charge in [-0.3, -0.25) is 0 Å². The van der Waals surface area contributed by atoms with Gasteiger partial charge in [0.05, 0.1) is 10.9 Å². The zero-order valence-electron chi connectivity index (χ0n) is 17.7. The molecular formula is C23H16ClF5N4O2. The molecule has 2 heterocycles. The summed E-state index contributed by atoms with van der Waals surface area (Å²) in [5.74, 6) is -0.802. The number of fused-ring (bicyclic) bond motifs is 1. The molecule has 0 saturated carbocycles. The first-order valence-corrected chi connectivity index (χ1v) is 10.5. The van der Waals surface area contributed by atoms with Crippen molar-refractivity contribution in [3.63, 3.8) is 0 Å². The van der Waals surface area contributed by atoms with Crippen LogP contribution < -0.4 is 14.8 Å². The van der Waals surface area contributed by atoms with E-state index in [1.165, 1.54) is 0 Å². The molecular weight excluding hydrogens is 495 g/mol. The molecule has 2 aromatic heterocycles. The van der Waals surface area contributed by atoms with Crippen molar-refractivity contribution in [1.29, 1.82) is 0 Å². The van der Waals surface area contributed by atoms with Crippen LogP contribution >= 0.6 is 11.6 Å². The molecule has 0 bridgehead atoms. The Morgan fingerprint density at radius 3 is 2.37 bits per heavy atom. The van der Waals surface area contributed by atoms with Crippen molar-refractivity contribution < 1.29 is 31.4 Å². The van der Waals surface area contributed by atoms with Crippen molar-refractivity contribution in [1.82, 2.24) is 15.0 Å². The van der Waals surface area contributed by atoms with E-state index in [9.17, 15) is 22.0 Å². The number of halogens is 6. The van der Waals surface area contributed by atoms with Crippen LogP contribution in [0.5, 0.6) is 11.6 Å². The van der Waals surface area contributed by atoms with Gasteiger partial charge in [-0.25, -0.2) is 23.7 Å². The minimum atomic E-state index is -4.56. The number of hydrogen-bond donors (Lipinski definition) is 1. The lowest BCUT2D eigenvalue weighted by atomic mass is 10.1. The summed E-state index contributed by atoms with van der Waals surface area (Å²) in [5.41, 5.74) is -0.159. The van der Waals surface area contributed by atoms with E-state index in [1.807, 2.05) is 0 Å². The average Bonchev–Trinajstić information content (AvgIpc) is 2.83. The maximum absolute atomic E-state index is 14.2. The molecule has 0 atom stereocenters. The number of anilines is 1. The first-order valence-electron chi connectivity index (χ1n) is 10.1. The Morgan fingerprint density at radius 2 is 1.66 bits per heavy atom. The Balaban J connectivity index is 1.29. The average molecular weight is 511 g/mol. The topological polar surface area (TPSA) is 69.2 Å². The number of benzene rings is 2. The van der Waals surface area contributed by atoms with E-state index in [4.69, 9.17) is 21.1 Å². The lowest BCUT2D eigenvalue weighted by Gasteiger charge is -2.12. The fraction of sp³-hybridized carbons (Fsp3) is 0.174. The lowest BCUT2D eigenvalue weighted by molar-refractivity contribution is -0.137. The van der Waals surface area contributed by atoms with Crippen molar-refractivity contribution in [2.75, 3.05) is 18.7 Å². The first-order chi connectivity index (χ1) is 16.7. The van der Waals surface area contributed by atoms with Gasteiger partial charge in [0.1, 0.15) is 40.1 Å². The van der Waals surface area contributed by atoms with Crippen molar-refractivity contribution in [3.8, 4) is 11.6 Å². The zero-order chi connectivity index (χ0) is 25.0. The zero-order valence-corrected chi connectivity index (χ0v) is 18.5. The van der Waals surface area contributed by atoms with Crippen LogP contribution in [-0.2, 0) is 12.6 Å². The molecule has 0 radical (unpaired) electrons. The highest BCUT2D eigenvalue weighted by atomic mass is 35.5. The van der Waals surface area contributed by atoms with Gasteiger partial charge in [-0.1, -0.05) is 23.7 Å². The molecule has 12 heteroatoms. The van der Waals surface area contributed by atoms with Crippen molar-refractivity contribution in [2.45, 2.75) is 12.6 Å². The molecule has 4 rings (SSSR count). The molecule has 182 valence electrons. The van der Waals surface area contributed by atoms with Crippen LogP contribution in [0.4, 0.5) is 27.8 Å². The van der Waals surface area contributed by atoms with Gasteiger partial charge in [0, 0.05) is 12.7 Å². The summed E-state index contributed by atoms with van der Waals surface area (Å²) in [6.45, 7) is 0.0748. The minimum Gasteiger partial charge on any atom is -0.457 e. The van der Waals surface area contributed by atoms with E-state index >= 15 is 0 Å². The lowest BCUT2D eigenvalue weighted by Crippen LogP contribution is -2.10. The van der Waals surface area contributed by atoms with Gasteiger partial charge in [-0.05, 0) is 42.3 Å². The second kappa shape index (κ2) is 10.3. The van der Waals surface area contributed by atoms with Gasteiger partial charge in [-0.2, -0.15) is 13.2 Å². The van der Waals surface area contributed by atoms with Crippen LogP contribution in [0.25, 0.3) is 10.9 Å². The molecule has 0 aliphatic carbocycles. The van der Waals surface area contributed by atoms with Crippen LogP contribution in [0.2, 0.25) is 5.02 Å². The standard InChI is InChI=1S/C23H16ClF5N4O2/c24-16-9-14(23(27,28)29)10-31-22(16)35-12-34-15-3-1-13(2-4-15)7-8-30-21-19-17(25)5-6-18(26)20(19)32-11-33-21/h1-6,9-11H,7-8,12H2,(H,30,32,33). The molecule has 0 aliphatic rings. The van der Waals surface area contributed by atoms with Gasteiger partial charge in [-0.15, -0.1) is 0 Å². The molecule has 0 unspecified atom stereocenters. The quantitative estimate of drug-likeness (QED) is 0.230. The predicted molar refractivity (Wildman–Crippen MR) is 118 cm³/mol. The summed E-state index contributed by atoms with van der Waals surface area (Å²) in [6.07, 6.45) is -2.22. The summed E-state index contributed by atoms with van der Waals surface area (Å²) in [5, 5.41) is 2.69. The highest BCUT2D eigenvalue weighted by Crippen LogP contribution is 2.33. The summed E-state index contributed by atoms with van der Waals surface area (Å²) in [7, 11) is 0. The highest BCUT2D eigenvalue weighted by Gasteiger charge is 2.31. The third kappa shape index (κ3) is 5.86. The molecule has 0 aliphatic heterocycles. The van der Waals surface area contributed by atoms with Crippen LogP contribution in [0.3, 0.4) is 0 Å². The molecule has 0 amide bonds. The number of aromatic nitrogens is 3. The van der Waals surface area contributed by atoms with Gasteiger partial charge >= 0.3 is 6.18 Å². The van der Waals surface area contributed by atoms with Gasteiger partial charge in [0.15, 0.2) is 0 Å². The van der Waals surface area contributed by atoms with Crippen LogP contribution in [0.15, 0.2) is 55.0 Å². The Bertz CT molecular complexity index is 1340. The third-order valence-electron chi connectivity index (χ3n) is 4.87. The summed E-state index contributed by atoms with van der Waals surface area (Å²) in [6, 6.07) is 9.69. The number of pyridine rings is 1. The molecule has 4 aromatic rings. The summed E-state index contributed by atoms with van der Waals surface area (Å²) >= 11 is 5.78. The molecule has 0 saturated heterocycles. The van der Waals surface area contributed by atoms with Crippen LogP contribution in [-0.4, -0.2) is 28.3 Å². The Kier molecular flexibility index (Phi) is 7.15. The Labute approximate surface area is 200 Å². The predicted octanol–water partition coefficient (Wildman–Crippen LogP) is 6.05. The highest BCUT2D eigenvalue weighted by molar-refractivity contribution is 6.31. The number of nitrogens with one attached hydrogen (secondary N) is 1. The molecule has 0 spiro atoms. The maximum Gasteiger partial charge on any atom is 0.417 e. The van der Waals surface area contributed by atoms with Crippen LogP contribution in [0.1, 0.15) is 11.1 Å². The van der Waals surface area contributed by atoms with Crippen molar-refractivity contribution in [2.24, 2.45) is 0 Å². The van der Waals surface area contributed by atoms with E-state index in [0.717, 1.165) is 30.1 Å². The third-order valence-corrected chi connectivity index (χ3v) is 5.14. The van der Waals surface area contributed by atoms with Gasteiger partial charge < -0.3 is 14.8 Å². The number of hydrogen-bond acceptors (Lipinski definition) is 6. The van der Waals surface area contributed by atoms with Crippen molar-refractivity contribution >= 4 is 28.3 Å². The smallest absolute Gasteiger partial charge is 0.417 e. The molecule has 0 fully saturated rings. The normalized spacial score (nSPS) is 11.5. The second-order valence-electron chi connectivity index (χ2n) is 7.21. The molecule has 6 nitrogen and oxygen atoms in total. The van der Waals surface area contributed by atoms with E-state index in [-0.39, 0.29) is 34.4 Å². The van der Waals surface area contributed by atoms with E-state index in [2.05, 4.69) is 20.3 Å².